The summed E-state index contributed by atoms with van der Waals surface area (Å²) in [5.74, 6) is 0. The van der Waals surface area contributed by atoms with Crippen molar-refractivity contribution in [1.29, 1.82) is 0 Å². The molecule has 0 spiro atoms. The van der Waals surface area contributed by atoms with Gasteiger partial charge in [-0.2, -0.15) is 0 Å². The lowest BCUT2D eigenvalue weighted by atomic mass is 10.1. The Labute approximate surface area is 122 Å². The maximum atomic E-state index is 6.35. The number of halogens is 2. The molecule has 0 amide bonds. The van der Waals surface area contributed by atoms with Gasteiger partial charge in [0.1, 0.15) is 0 Å². The lowest BCUT2D eigenvalue weighted by Gasteiger charge is -2.15. The quantitative estimate of drug-likeness (QED) is 0.798. The lowest BCUT2D eigenvalue weighted by molar-refractivity contribution is 0.598. The van der Waals surface area contributed by atoms with Crippen molar-refractivity contribution in [2.45, 2.75) is 19.9 Å². The third kappa shape index (κ3) is 3.07. The molecule has 1 aromatic heterocycles. The first kappa shape index (κ1) is 13.9. The number of nitrogens with one attached hydrogen (secondary N) is 1. The van der Waals surface area contributed by atoms with Crippen LogP contribution < -0.4 is 5.32 Å². The number of benzene rings is 1. The Morgan fingerprint density at radius 3 is 2.56 bits per heavy atom. The van der Waals surface area contributed by atoms with Crippen LogP contribution in [0.5, 0.6) is 0 Å². The number of rotatable bonds is 4. The van der Waals surface area contributed by atoms with Crippen molar-refractivity contribution in [2.24, 2.45) is 0 Å². The molecule has 0 saturated carbocycles. The van der Waals surface area contributed by atoms with Gasteiger partial charge in [0.05, 0.1) is 4.34 Å². The van der Waals surface area contributed by atoms with Crippen molar-refractivity contribution < 1.29 is 0 Å². The predicted octanol–water partition coefficient (Wildman–Crippen LogP) is 5.39. The molecular formula is C14H15Cl2NS. The minimum atomic E-state index is 0.267. The van der Waals surface area contributed by atoms with Crippen molar-refractivity contribution in [2.75, 3.05) is 6.54 Å². The van der Waals surface area contributed by atoms with E-state index in [0.717, 1.165) is 31.9 Å². The van der Waals surface area contributed by atoms with Crippen molar-refractivity contribution in [1.82, 2.24) is 5.32 Å². The minimum absolute atomic E-state index is 0.267. The molecule has 2 aromatic rings. The van der Waals surface area contributed by atoms with Gasteiger partial charge in [0.15, 0.2) is 0 Å². The second kappa shape index (κ2) is 6.07. The van der Waals surface area contributed by atoms with Crippen LogP contribution in [0.4, 0.5) is 0 Å². The SMILES string of the molecule is CCNC(C)c1ccc(-c2ccc(Cl)s2)cc1Cl. The van der Waals surface area contributed by atoms with E-state index in [1.807, 2.05) is 18.2 Å². The van der Waals surface area contributed by atoms with E-state index in [-0.39, 0.29) is 6.04 Å². The van der Waals surface area contributed by atoms with E-state index >= 15 is 0 Å². The fourth-order valence-electron chi connectivity index (χ4n) is 1.92. The maximum absolute atomic E-state index is 6.35. The molecule has 0 aliphatic carbocycles. The molecule has 0 aliphatic heterocycles. The Morgan fingerprint density at radius 2 is 2.00 bits per heavy atom. The molecule has 96 valence electrons. The first-order valence-electron chi connectivity index (χ1n) is 5.90. The molecule has 4 heteroatoms. The van der Waals surface area contributed by atoms with Crippen LogP contribution in [0.1, 0.15) is 25.5 Å². The van der Waals surface area contributed by atoms with Crippen molar-refractivity contribution in [3.8, 4) is 10.4 Å². The fourth-order valence-corrected chi connectivity index (χ4v) is 3.30. The highest BCUT2D eigenvalue weighted by molar-refractivity contribution is 7.19. The van der Waals surface area contributed by atoms with Crippen LogP contribution >= 0.6 is 34.5 Å². The predicted molar refractivity (Wildman–Crippen MR) is 81.9 cm³/mol. The van der Waals surface area contributed by atoms with Crippen LogP contribution in [0.3, 0.4) is 0 Å². The molecule has 0 saturated heterocycles. The van der Waals surface area contributed by atoms with Crippen molar-refractivity contribution >= 4 is 34.5 Å². The third-order valence-electron chi connectivity index (χ3n) is 2.83. The second-order valence-corrected chi connectivity index (χ2v) is 6.24. The normalized spacial score (nSPS) is 12.7. The molecule has 0 radical (unpaired) electrons. The van der Waals surface area contributed by atoms with E-state index in [4.69, 9.17) is 23.2 Å². The van der Waals surface area contributed by atoms with Gasteiger partial charge in [-0.15, -0.1) is 11.3 Å². The van der Waals surface area contributed by atoms with Crippen LogP contribution in [0.25, 0.3) is 10.4 Å². The Morgan fingerprint density at radius 1 is 1.22 bits per heavy atom. The molecule has 0 bridgehead atoms. The van der Waals surface area contributed by atoms with Gasteiger partial charge in [-0.1, -0.05) is 42.3 Å². The maximum Gasteiger partial charge on any atom is 0.0934 e. The Hall–Kier alpha value is -0.540. The Balaban J connectivity index is 2.30. The molecule has 1 heterocycles. The minimum Gasteiger partial charge on any atom is -0.310 e. The summed E-state index contributed by atoms with van der Waals surface area (Å²) in [5, 5.41) is 4.16. The third-order valence-corrected chi connectivity index (χ3v) is 4.44. The van der Waals surface area contributed by atoms with Crippen molar-refractivity contribution in [3.63, 3.8) is 0 Å². The highest BCUT2D eigenvalue weighted by Gasteiger charge is 2.10. The smallest absolute Gasteiger partial charge is 0.0934 e. The van der Waals surface area contributed by atoms with E-state index in [9.17, 15) is 0 Å². The first-order chi connectivity index (χ1) is 8.61. The highest BCUT2D eigenvalue weighted by Crippen LogP contribution is 2.34. The number of hydrogen-bond donors (Lipinski definition) is 1. The molecule has 1 unspecified atom stereocenters. The number of thiophene rings is 1. The van der Waals surface area contributed by atoms with Gasteiger partial charge >= 0.3 is 0 Å². The van der Waals surface area contributed by atoms with Crippen LogP contribution in [0.15, 0.2) is 30.3 Å². The Kier molecular flexibility index (Phi) is 4.68. The topological polar surface area (TPSA) is 12.0 Å². The van der Waals surface area contributed by atoms with Gasteiger partial charge in [-0.25, -0.2) is 0 Å². The molecule has 1 atom stereocenters. The zero-order valence-electron chi connectivity index (χ0n) is 10.3. The van der Waals surface area contributed by atoms with Gasteiger partial charge in [0.25, 0.3) is 0 Å². The summed E-state index contributed by atoms with van der Waals surface area (Å²) in [4.78, 5) is 1.14. The molecule has 18 heavy (non-hydrogen) atoms. The zero-order valence-corrected chi connectivity index (χ0v) is 12.7. The molecule has 1 N–H and O–H groups in total. The van der Waals surface area contributed by atoms with Gasteiger partial charge < -0.3 is 5.32 Å². The molecule has 1 nitrogen and oxygen atoms in total. The standard InChI is InChI=1S/C14H15Cl2NS/c1-3-17-9(2)11-5-4-10(8-12(11)15)13-6-7-14(16)18-13/h4-9,17H,3H2,1-2H3. The summed E-state index contributed by atoms with van der Waals surface area (Å²) >= 11 is 13.9. The average Bonchev–Trinajstić information content (AvgIpc) is 2.76. The highest BCUT2D eigenvalue weighted by atomic mass is 35.5. The van der Waals surface area contributed by atoms with Gasteiger partial charge in [-0.05, 0) is 42.8 Å². The van der Waals surface area contributed by atoms with E-state index in [1.165, 1.54) is 0 Å². The van der Waals surface area contributed by atoms with E-state index in [0.29, 0.717) is 0 Å². The van der Waals surface area contributed by atoms with E-state index in [2.05, 4.69) is 31.3 Å². The summed E-state index contributed by atoms with van der Waals surface area (Å²) in [7, 11) is 0. The van der Waals surface area contributed by atoms with Crippen LogP contribution in [-0.2, 0) is 0 Å². The first-order valence-corrected chi connectivity index (χ1v) is 7.47. The zero-order chi connectivity index (χ0) is 13.1. The van der Waals surface area contributed by atoms with Crippen LogP contribution in [-0.4, -0.2) is 6.54 Å². The van der Waals surface area contributed by atoms with Crippen molar-refractivity contribution in [3.05, 3.63) is 45.3 Å². The monoisotopic (exact) mass is 299 g/mol. The summed E-state index contributed by atoms with van der Waals surface area (Å²) in [5.41, 5.74) is 2.24. The molecular weight excluding hydrogens is 285 g/mol. The largest absolute Gasteiger partial charge is 0.310 e. The fraction of sp³-hybridized carbons (Fsp3) is 0.286. The average molecular weight is 300 g/mol. The molecule has 2 rings (SSSR count). The number of hydrogen-bond acceptors (Lipinski definition) is 2. The second-order valence-electron chi connectivity index (χ2n) is 4.12. The molecule has 1 aromatic carbocycles. The Bertz CT molecular complexity index is 536. The molecule has 0 aliphatic rings. The van der Waals surface area contributed by atoms with E-state index in [1.54, 1.807) is 11.3 Å². The summed E-state index contributed by atoms with van der Waals surface area (Å²) in [6.07, 6.45) is 0. The van der Waals surface area contributed by atoms with Gasteiger partial charge in [0.2, 0.25) is 0 Å². The van der Waals surface area contributed by atoms with Gasteiger partial charge in [0, 0.05) is 15.9 Å². The summed E-state index contributed by atoms with van der Waals surface area (Å²) in [6.45, 7) is 5.14. The van der Waals surface area contributed by atoms with Gasteiger partial charge in [-0.3, -0.25) is 0 Å². The van der Waals surface area contributed by atoms with E-state index < -0.39 is 0 Å². The summed E-state index contributed by atoms with van der Waals surface area (Å²) in [6, 6.07) is 10.4. The van der Waals surface area contributed by atoms with Crippen LogP contribution in [0.2, 0.25) is 9.36 Å². The molecule has 0 fully saturated rings. The lowest BCUT2D eigenvalue weighted by Crippen LogP contribution is -2.17. The summed E-state index contributed by atoms with van der Waals surface area (Å²) < 4.78 is 0.797. The van der Waals surface area contributed by atoms with Crippen LogP contribution in [0, 0.1) is 0 Å².